The summed E-state index contributed by atoms with van der Waals surface area (Å²) in [4.78, 5) is 14.4. The molecule has 1 heterocycles. The topological polar surface area (TPSA) is 38.8 Å². The van der Waals surface area contributed by atoms with Crippen molar-refractivity contribution in [3.63, 3.8) is 0 Å². The third kappa shape index (κ3) is 2.89. The minimum Gasteiger partial charge on any atom is -0.496 e. The van der Waals surface area contributed by atoms with E-state index in [1.807, 2.05) is 43.9 Å². The van der Waals surface area contributed by atoms with Crippen LogP contribution < -0.4 is 4.74 Å². The van der Waals surface area contributed by atoms with Gasteiger partial charge in [-0.1, -0.05) is 6.07 Å². The molecule has 2 atom stereocenters. The fourth-order valence-corrected chi connectivity index (χ4v) is 2.31. The van der Waals surface area contributed by atoms with Crippen molar-refractivity contribution in [2.45, 2.75) is 32.9 Å². The van der Waals surface area contributed by atoms with Crippen LogP contribution in [0.4, 0.5) is 0 Å². The Morgan fingerprint density at radius 1 is 1.42 bits per heavy atom. The largest absolute Gasteiger partial charge is 0.496 e. The predicted octanol–water partition coefficient (Wildman–Crippen LogP) is 2.25. The van der Waals surface area contributed by atoms with Gasteiger partial charge >= 0.3 is 0 Å². The number of morpholine rings is 1. The second kappa shape index (κ2) is 5.61. The molecule has 104 valence electrons. The number of rotatable bonds is 2. The van der Waals surface area contributed by atoms with Gasteiger partial charge in [0.25, 0.3) is 5.91 Å². The van der Waals surface area contributed by atoms with Gasteiger partial charge in [0.1, 0.15) is 5.75 Å². The Balaban J connectivity index is 2.23. The number of amides is 1. The molecule has 1 aromatic rings. The molecule has 1 aliphatic rings. The van der Waals surface area contributed by atoms with Crippen LogP contribution in [0.5, 0.6) is 5.75 Å². The number of carbonyl (C=O) groups excluding carboxylic acids is 1. The van der Waals surface area contributed by atoms with Gasteiger partial charge in [-0.25, -0.2) is 0 Å². The SMILES string of the molecule is COc1cc(C(=O)N2CC(C)OCC2C)ccc1C. The third-order valence-corrected chi connectivity index (χ3v) is 3.52. The first-order chi connectivity index (χ1) is 9.02. The molecule has 1 aromatic carbocycles. The highest BCUT2D eigenvalue weighted by Gasteiger charge is 2.28. The van der Waals surface area contributed by atoms with Crippen LogP contribution in [-0.4, -0.2) is 43.2 Å². The Hall–Kier alpha value is -1.55. The van der Waals surface area contributed by atoms with Gasteiger partial charge in [0.2, 0.25) is 0 Å². The Labute approximate surface area is 114 Å². The maximum Gasteiger partial charge on any atom is 0.254 e. The van der Waals surface area contributed by atoms with Crippen LogP contribution in [0.3, 0.4) is 0 Å². The summed E-state index contributed by atoms with van der Waals surface area (Å²) in [5.74, 6) is 0.792. The van der Waals surface area contributed by atoms with Crippen molar-refractivity contribution in [3.8, 4) is 5.75 Å². The Morgan fingerprint density at radius 3 is 2.84 bits per heavy atom. The van der Waals surface area contributed by atoms with Crippen LogP contribution in [0.1, 0.15) is 29.8 Å². The maximum atomic E-state index is 12.5. The molecule has 0 N–H and O–H groups in total. The lowest BCUT2D eigenvalue weighted by atomic mass is 10.1. The fraction of sp³-hybridized carbons (Fsp3) is 0.533. The van der Waals surface area contributed by atoms with Crippen LogP contribution in [-0.2, 0) is 4.74 Å². The van der Waals surface area contributed by atoms with E-state index in [0.717, 1.165) is 11.3 Å². The van der Waals surface area contributed by atoms with E-state index in [-0.39, 0.29) is 18.1 Å². The summed E-state index contributed by atoms with van der Waals surface area (Å²) in [7, 11) is 1.62. The average molecular weight is 263 g/mol. The number of hydrogen-bond acceptors (Lipinski definition) is 3. The lowest BCUT2D eigenvalue weighted by Crippen LogP contribution is -2.50. The summed E-state index contributed by atoms with van der Waals surface area (Å²) in [5.41, 5.74) is 1.70. The molecule has 0 bridgehead atoms. The van der Waals surface area contributed by atoms with Crippen LogP contribution in [0.25, 0.3) is 0 Å². The molecule has 0 spiro atoms. The number of aryl methyl sites for hydroxylation is 1. The van der Waals surface area contributed by atoms with Crippen molar-refractivity contribution < 1.29 is 14.3 Å². The highest BCUT2D eigenvalue weighted by atomic mass is 16.5. The van der Waals surface area contributed by atoms with Crippen LogP contribution in [0.15, 0.2) is 18.2 Å². The van der Waals surface area contributed by atoms with Gasteiger partial charge in [-0.3, -0.25) is 4.79 Å². The van der Waals surface area contributed by atoms with Gasteiger partial charge in [0.15, 0.2) is 0 Å². The van der Waals surface area contributed by atoms with E-state index in [2.05, 4.69) is 0 Å². The summed E-state index contributed by atoms with van der Waals surface area (Å²) in [6.45, 7) is 7.19. The van der Waals surface area contributed by atoms with E-state index in [4.69, 9.17) is 9.47 Å². The van der Waals surface area contributed by atoms with Gasteiger partial charge in [0.05, 0.1) is 25.9 Å². The minimum absolute atomic E-state index is 0.0425. The van der Waals surface area contributed by atoms with Crippen molar-refractivity contribution >= 4 is 5.91 Å². The van der Waals surface area contributed by atoms with Crippen LogP contribution in [0, 0.1) is 6.92 Å². The van der Waals surface area contributed by atoms with Crippen molar-refractivity contribution in [1.82, 2.24) is 4.90 Å². The number of ether oxygens (including phenoxy) is 2. The van der Waals surface area contributed by atoms with Gasteiger partial charge in [0, 0.05) is 12.1 Å². The molecule has 0 aliphatic carbocycles. The molecule has 19 heavy (non-hydrogen) atoms. The lowest BCUT2D eigenvalue weighted by Gasteiger charge is -2.36. The summed E-state index contributed by atoms with van der Waals surface area (Å²) in [6.07, 6.45) is 0.0903. The Bertz CT molecular complexity index is 472. The first-order valence-corrected chi connectivity index (χ1v) is 6.60. The normalized spacial score (nSPS) is 23.3. The molecular weight excluding hydrogens is 242 g/mol. The van der Waals surface area contributed by atoms with Gasteiger partial charge in [-0.05, 0) is 38.5 Å². The first kappa shape index (κ1) is 13.9. The van der Waals surface area contributed by atoms with Crippen molar-refractivity contribution in [1.29, 1.82) is 0 Å². The molecule has 0 aromatic heterocycles. The molecule has 4 heteroatoms. The Morgan fingerprint density at radius 2 is 2.16 bits per heavy atom. The monoisotopic (exact) mass is 263 g/mol. The second-order valence-electron chi connectivity index (χ2n) is 5.13. The molecule has 1 saturated heterocycles. The zero-order valence-electron chi connectivity index (χ0n) is 12.0. The smallest absolute Gasteiger partial charge is 0.254 e. The third-order valence-electron chi connectivity index (χ3n) is 3.52. The molecule has 1 fully saturated rings. The molecule has 1 amide bonds. The summed E-state index contributed by atoms with van der Waals surface area (Å²) in [6, 6.07) is 5.69. The number of carbonyl (C=O) groups is 1. The molecule has 0 saturated carbocycles. The number of hydrogen-bond donors (Lipinski definition) is 0. The summed E-state index contributed by atoms with van der Waals surface area (Å²) in [5, 5.41) is 0. The quantitative estimate of drug-likeness (QED) is 0.821. The van der Waals surface area contributed by atoms with Crippen LogP contribution in [0.2, 0.25) is 0 Å². The molecule has 2 rings (SSSR count). The summed E-state index contributed by atoms with van der Waals surface area (Å²) >= 11 is 0. The van der Waals surface area contributed by atoms with Gasteiger partial charge < -0.3 is 14.4 Å². The molecule has 0 radical (unpaired) electrons. The van der Waals surface area contributed by atoms with E-state index < -0.39 is 0 Å². The molecule has 4 nitrogen and oxygen atoms in total. The second-order valence-corrected chi connectivity index (χ2v) is 5.13. The van der Waals surface area contributed by atoms with Crippen LogP contribution >= 0.6 is 0 Å². The number of methoxy groups -OCH3 is 1. The number of nitrogens with zero attached hydrogens (tertiary/aromatic N) is 1. The average Bonchev–Trinajstić information content (AvgIpc) is 2.41. The Kier molecular flexibility index (Phi) is 4.10. The first-order valence-electron chi connectivity index (χ1n) is 6.60. The molecule has 1 aliphatic heterocycles. The van der Waals surface area contributed by atoms with E-state index in [0.29, 0.717) is 18.7 Å². The zero-order chi connectivity index (χ0) is 14.0. The summed E-state index contributed by atoms with van der Waals surface area (Å²) < 4.78 is 10.8. The number of benzene rings is 1. The highest BCUT2D eigenvalue weighted by Crippen LogP contribution is 2.22. The van der Waals surface area contributed by atoms with Gasteiger partial charge in [-0.15, -0.1) is 0 Å². The molecular formula is C15H21NO3. The van der Waals surface area contributed by atoms with E-state index in [1.165, 1.54) is 0 Å². The highest BCUT2D eigenvalue weighted by molar-refractivity contribution is 5.95. The maximum absolute atomic E-state index is 12.5. The predicted molar refractivity (Wildman–Crippen MR) is 73.6 cm³/mol. The van der Waals surface area contributed by atoms with Crippen molar-refractivity contribution in [2.24, 2.45) is 0 Å². The van der Waals surface area contributed by atoms with Crippen molar-refractivity contribution in [2.75, 3.05) is 20.3 Å². The van der Waals surface area contributed by atoms with E-state index in [9.17, 15) is 4.79 Å². The fourth-order valence-electron chi connectivity index (χ4n) is 2.31. The van der Waals surface area contributed by atoms with Gasteiger partial charge in [-0.2, -0.15) is 0 Å². The van der Waals surface area contributed by atoms with Crippen molar-refractivity contribution in [3.05, 3.63) is 29.3 Å². The standard InChI is InChI=1S/C15H21NO3/c1-10-5-6-13(7-14(10)18-4)15(17)16-8-12(3)19-9-11(16)2/h5-7,11-12H,8-9H2,1-4H3. The molecule has 2 unspecified atom stereocenters. The lowest BCUT2D eigenvalue weighted by molar-refractivity contribution is -0.0387. The van der Waals surface area contributed by atoms with E-state index >= 15 is 0 Å². The zero-order valence-corrected chi connectivity index (χ0v) is 12.0. The van der Waals surface area contributed by atoms with E-state index in [1.54, 1.807) is 7.11 Å². The minimum atomic E-state index is 0.0425.